The molecule has 0 heterocycles. The Morgan fingerprint density at radius 3 is 2.39 bits per heavy atom. The van der Waals surface area contributed by atoms with Gasteiger partial charge in [0.15, 0.2) is 0 Å². The van der Waals surface area contributed by atoms with Gasteiger partial charge < -0.3 is 5.21 Å². The van der Waals surface area contributed by atoms with Gasteiger partial charge >= 0.3 is 0 Å². The number of hydrogen-bond acceptors (Lipinski definition) is 3. The highest BCUT2D eigenvalue weighted by atomic mass is 16.4. The van der Waals surface area contributed by atoms with Crippen LogP contribution in [0.25, 0.3) is 0 Å². The van der Waals surface area contributed by atoms with Gasteiger partial charge in [0.05, 0.1) is 11.4 Å². The number of nitrogens with zero attached hydrogens (tertiary/aromatic N) is 2. The van der Waals surface area contributed by atoms with E-state index in [9.17, 15) is 0 Å². The summed E-state index contributed by atoms with van der Waals surface area (Å²) in [5.74, 6) is 1.42. The Kier molecular flexibility index (Phi) is 3.80. The maximum atomic E-state index is 8.90. The van der Waals surface area contributed by atoms with Gasteiger partial charge in [-0.05, 0) is 37.7 Å². The zero-order valence-corrected chi connectivity index (χ0v) is 11.2. The molecule has 0 spiro atoms. The van der Waals surface area contributed by atoms with Gasteiger partial charge in [0.1, 0.15) is 0 Å². The first-order valence-corrected chi connectivity index (χ1v) is 6.46. The molecule has 1 N–H and O–H groups in total. The molecular weight excluding hydrogens is 224 g/mol. The fourth-order valence-corrected chi connectivity index (χ4v) is 2.42. The number of benzene rings is 1. The Balaban J connectivity index is 2.33. The van der Waals surface area contributed by atoms with Crippen LogP contribution in [0, 0.1) is 11.8 Å². The van der Waals surface area contributed by atoms with Gasteiger partial charge in [0.2, 0.25) is 0 Å². The largest absolute Gasteiger partial charge is 0.411 e. The number of oxime groups is 1. The zero-order valence-electron chi connectivity index (χ0n) is 11.2. The van der Waals surface area contributed by atoms with Crippen molar-refractivity contribution in [1.82, 2.24) is 0 Å². The Hall–Kier alpha value is -1.64. The van der Waals surface area contributed by atoms with E-state index < -0.39 is 0 Å². The molecule has 1 aliphatic carbocycles. The van der Waals surface area contributed by atoms with Crippen molar-refractivity contribution in [1.29, 1.82) is 0 Å². The van der Waals surface area contributed by atoms with E-state index in [-0.39, 0.29) is 0 Å². The molecule has 0 amide bonds. The predicted molar refractivity (Wildman–Crippen MR) is 75.1 cm³/mol. The molecule has 0 bridgehead atoms. The van der Waals surface area contributed by atoms with E-state index in [1.54, 1.807) is 6.92 Å². The van der Waals surface area contributed by atoms with Crippen molar-refractivity contribution >= 4 is 17.1 Å². The lowest BCUT2D eigenvalue weighted by atomic mass is 10.0. The fraction of sp³-hybridized carbons (Fsp3) is 0.467. The van der Waals surface area contributed by atoms with Crippen LogP contribution in [0.1, 0.15) is 39.2 Å². The van der Waals surface area contributed by atoms with E-state index >= 15 is 0 Å². The summed E-state index contributed by atoms with van der Waals surface area (Å²) < 4.78 is 0. The highest BCUT2D eigenvalue weighted by Crippen LogP contribution is 2.31. The van der Waals surface area contributed by atoms with Crippen LogP contribution in [-0.4, -0.2) is 16.6 Å². The van der Waals surface area contributed by atoms with Gasteiger partial charge in [-0.3, -0.25) is 4.99 Å². The maximum Gasteiger partial charge on any atom is 0.0858 e. The lowest BCUT2D eigenvalue weighted by Crippen LogP contribution is -1.96. The Morgan fingerprint density at radius 1 is 1.17 bits per heavy atom. The minimum Gasteiger partial charge on any atom is -0.411 e. The second-order valence-corrected chi connectivity index (χ2v) is 5.24. The van der Waals surface area contributed by atoms with Crippen LogP contribution in [0.3, 0.4) is 0 Å². The molecule has 0 aromatic heterocycles. The first-order chi connectivity index (χ1) is 8.61. The van der Waals surface area contributed by atoms with Crippen molar-refractivity contribution in [2.75, 3.05) is 0 Å². The number of para-hydroxylation sites is 1. The van der Waals surface area contributed by atoms with Gasteiger partial charge in [-0.2, -0.15) is 0 Å². The van der Waals surface area contributed by atoms with E-state index in [4.69, 9.17) is 10.2 Å². The van der Waals surface area contributed by atoms with Crippen LogP contribution in [-0.2, 0) is 0 Å². The molecule has 0 radical (unpaired) electrons. The quantitative estimate of drug-likeness (QED) is 0.476. The average Bonchev–Trinajstić information content (AvgIpc) is 2.68. The summed E-state index contributed by atoms with van der Waals surface area (Å²) in [6.45, 7) is 6.35. The summed E-state index contributed by atoms with van der Waals surface area (Å²) in [6, 6.07) is 7.82. The average molecular weight is 244 g/mol. The summed E-state index contributed by atoms with van der Waals surface area (Å²) in [7, 11) is 0. The summed E-state index contributed by atoms with van der Waals surface area (Å²) in [4.78, 5) is 4.75. The molecule has 3 nitrogen and oxygen atoms in total. The minimum absolute atomic E-state index is 0.606. The number of rotatable bonds is 2. The SMILES string of the molecule is CC(=NO)c1ccccc1N=C1CC(C)C(C)C1. The zero-order chi connectivity index (χ0) is 13.1. The lowest BCUT2D eigenvalue weighted by Gasteiger charge is -2.04. The fourth-order valence-electron chi connectivity index (χ4n) is 2.42. The van der Waals surface area contributed by atoms with Crippen LogP contribution < -0.4 is 0 Å². The van der Waals surface area contributed by atoms with E-state index in [2.05, 4.69) is 19.0 Å². The third kappa shape index (κ3) is 2.61. The first kappa shape index (κ1) is 12.8. The van der Waals surface area contributed by atoms with Crippen molar-refractivity contribution in [2.45, 2.75) is 33.6 Å². The van der Waals surface area contributed by atoms with Gasteiger partial charge in [0, 0.05) is 11.3 Å². The molecule has 3 heteroatoms. The molecule has 0 aliphatic heterocycles. The van der Waals surface area contributed by atoms with Crippen LogP contribution in [0.15, 0.2) is 34.4 Å². The van der Waals surface area contributed by atoms with E-state index in [1.165, 1.54) is 5.71 Å². The Bertz CT molecular complexity index is 479. The maximum absolute atomic E-state index is 8.90. The van der Waals surface area contributed by atoms with Crippen molar-refractivity contribution in [3.05, 3.63) is 29.8 Å². The normalized spacial score (nSPS) is 24.4. The Morgan fingerprint density at radius 2 is 1.78 bits per heavy atom. The van der Waals surface area contributed by atoms with Crippen molar-refractivity contribution in [2.24, 2.45) is 22.0 Å². The molecule has 96 valence electrons. The predicted octanol–water partition coefficient (Wildman–Crippen LogP) is 4.02. The summed E-state index contributed by atoms with van der Waals surface area (Å²) in [6.07, 6.45) is 2.15. The molecule has 18 heavy (non-hydrogen) atoms. The van der Waals surface area contributed by atoms with Gasteiger partial charge in [-0.1, -0.05) is 37.2 Å². The highest BCUT2D eigenvalue weighted by Gasteiger charge is 2.24. The summed E-state index contributed by atoms with van der Waals surface area (Å²) in [5, 5.41) is 12.2. The Labute approximate surface area is 108 Å². The minimum atomic E-state index is 0.606. The summed E-state index contributed by atoms with van der Waals surface area (Å²) in [5.41, 5.74) is 3.67. The molecule has 1 aromatic rings. The second-order valence-electron chi connectivity index (χ2n) is 5.24. The van der Waals surface area contributed by atoms with Crippen LogP contribution in [0.4, 0.5) is 5.69 Å². The van der Waals surface area contributed by atoms with E-state index in [0.29, 0.717) is 17.5 Å². The molecule has 1 saturated carbocycles. The molecular formula is C15H20N2O. The molecule has 2 rings (SSSR count). The molecule has 1 aromatic carbocycles. The van der Waals surface area contributed by atoms with Crippen LogP contribution in [0.2, 0.25) is 0 Å². The molecule has 1 aliphatic rings. The number of aliphatic imine (C=N–C) groups is 1. The third-order valence-corrected chi connectivity index (χ3v) is 3.81. The van der Waals surface area contributed by atoms with Gasteiger partial charge in [-0.25, -0.2) is 0 Å². The van der Waals surface area contributed by atoms with E-state index in [1.807, 2.05) is 24.3 Å². The van der Waals surface area contributed by atoms with Crippen molar-refractivity contribution < 1.29 is 5.21 Å². The number of hydrogen-bond donors (Lipinski definition) is 1. The molecule has 2 atom stereocenters. The smallest absolute Gasteiger partial charge is 0.0858 e. The van der Waals surface area contributed by atoms with Crippen molar-refractivity contribution in [3.8, 4) is 0 Å². The molecule has 2 unspecified atom stereocenters. The first-order valence-electron chi connectivity index (χ1n) is 6.46. The van der Waals surface area contributed by atoms with Crippen molar-refractivity contribution in [3.63, 3.8) is 0 Å². The van der Waals surface area contributed by atoms with Crippen LogP contribution in [0.5, 0.6) is 0 Å². The van der Waals surface area contributed by atoms with Gasteiger partial charge in [-0.15, -0.1) is 0 Å². The second kappa shape index (κ2) is 5.34. The van der Waals surface area contributed by atoms with Gasteiger partial charge in [0.25, 0.3) is 0 Å². The summed E-state index contributed by atoms with van der Waals surface area (Å²) >= 11 is 0. The molecule has 0 saturated heterocycles. The molecule has 1 fully saturated rings. The van der Waals surface area contributed by atoms with E-state index in [0.717, 1.165) is 24.1 Å². The van der Waals surface area contributed by atoms with Crippen LogP contribution >= 0.6 is 0 Å². The third-order valence-electron chi connectivity index (χ3n) is 3.81. The monoisotopic (exact) mass is 244 g/mol. The topological polar surface area (TPSA) is 45.0 Å². The standard InChI is InChI=1S/C15H20N2O/c1-10-8-13(9-11(10)2)16-15-7-5-4-6-14(15)12(3)17-18/h4-7,10-11,18H,8-9H2,1-3H3. The lowest BCUT2D eigenvalue weighted by molar-refractivity contribution is 0.319. The highest BCUT2D eigenvalue weighted by molar-refractivity contribution is 6.03.